The zero-order chi connectivity index (χ0) is 14.6. The summed E-state index contributed by atoms with van der Waals surface area (Å²) in [5, 5.41) is 12.9. The second-order valence-corrected chi connectivity index (χ2v) is 4.62. The number of nitrogens with zero attached hydrogens (tertiary/aromatic N) is 1. The van der Waals surface area contributed by atoms with Crippen molar-refractivity contribution in [3.63, 3.8) is 0 Å². The van der Waals surface area contributed by atoms with E-state index < -0.39 is 34.1 Å². The van der Waals surface area contributed by atoms with Crippen LogP contribution in [-0.2, 0) is 4.79 Å². The van der Waals surface area contributed by atoms with Crippen molar-refractivity contribution < 1.29 is 14.1 Å². The Hall–Kier alpha value is -2.02. The first-order valence-electron chi connectivity index (χ1n) is 5.82. The van der Waals surface area contributed by atoms with E-state index in [-0.39, 0.29) is 5.92 Å². The molecule has 0 aromatic heterocycles. The number of carbonyl (C=O) groups excluding carboxylic acids is 1. The van der Waals surface area contributed by atoms with Gasteiger partial charge in [0, 0.05) is 6.07 Å². The van der Waals surface area contributed by atoms with E-state index in [2.05, 4.69) is 5.32 Å². The van der Waals surface area contributed by atoms with E-state index in [4.69, 9.17) is 5.73 Å². The lowest BCUT2D eigenvalue weighted by Crippen LogP contribution is -2.37. The standard InChI is InChI=1S/C12H16FN3O3/c1-7(2)6-9(14)12(17)15-11-8(13)4-3-5-10(11)16(18)19/h3-5,7,9H,6,14H2,1-2H3,(H,15,17)/t9-/m0/s1. The predicted octanol–water partition coefficient (Wildman–Crippen LogP) is 2.05. The van der Waals surface area contributed by atoms with Crippen LogP contribution in [-0.4, -0.2) is 16.9 Å². The molecule has 0 heterocycles. The number of hydrogen-bond donors (Lipinski definition) is 2. The lowest BCUT2D eigenvalue weighted by molar-refractivity contribution is -0.384. The summed E-state index contributed by atoms with van der Waals surface area (Å²) < 4.78 is 13.5. The summed E-state index contributed by atoms with van der Waals surface area (Å²) in [7, 11) is 0. The number of anilines is 1. The largest absolute Gasteiger partial charge is 0.320 e. The molecule has 1 rings (SSSR count). The Morgan fingerprint density at radius 1 is 1.53 bits per heavy atom. The van der Waals surface area contributed by atoms with Gasteiger partial charge in [-0.3, -0.25) is 14.9 Å². The number of carbonyl (C=O) groups is 1. The third kappa shape index (κ3) is 3.99. The number of nitro groups is 1. The van der Waals surface area contributed by atoms with Gasteiger partial charge in [0.2, 0.25) is 5.91 Å². The van der Waals surface area contributed by atoms with Crippen molar-refractivity contribution in [1.29, 1.82) is 0 Å². The van der Waals surface area contributed by atoms with Crippen molar-refractivity contribution >= 4 is 17.3 Å². The molecule has 0 aliphatic rings. The van der Waals surface area contributed by atoms with E-state index in [0.29, 0.717) is 6.42 Å². The van der Waals surface area contributed by atoms with Crippen LogP contribution >= 0.6 is 0 Å². The molecule has 0 saturated heterocycles. The van der Waals surface area contributed by atoms with E-state index in [1.165, 1.54) is 6.07 Å². The Kier molecular flexibility index (Phi) is 4.94. The van der Waals surface area contributed by atoms with Gasteiger partial charge in [-0.05, 0) is 18.4 Å². The van der Waals surface area contributed by atoms with E-state index in [9.17, 15) is 19.3 Å². The molecule has 19 heavy (non-hydrogen) atoms. The molecule has 1 aromatic carbocycles. The van der Waals surface area contributed by atoms with Crippen molar-refractivity contribution in [3.05, 3.63) is 34.1 Å². The Labute approximate surface area is 109 Å². The summed E-state index contributed by atoms with van der Waals surface area (Å²) in [6.07, 6.45) is 0.411. The highest BCUT2D eigenvalue weighted by Crippen LogP contribution is 2.27. The molecule has 0 bridgehead atoms. The van der Waals surface area contributed by atoms with Crippen molar-refractivity contribution in [2.75, 3.05) is 5.32 Å². The molecular formula is C12H16FN3O3. The fraction of sp³-hybridized carbons (Fsp3) is 0.417. The molecule has 1 atom stereocenters. The van der Waals surface area contributed by atoms with E-state index in [1.807, 2.05) is 13.8 Å². The van der Waals surface area contributed by atoms with Crippen molar-refractivity contribution in [1.82, 2.24) is 0 Å². The number of rotatable bonds is 5. The highest BCUT2D eigenvalue weighted by atomic mass is 19.1. The fourth-order valence-corrected chi connectivity index (χ4v) is 1.62. The second-order valence-electron chi connectivity index (χ2n) is 4.62. The van der Waals surface area contributed by atoms with Crippen molar-refractivity contribution in [3.8, 4) is 0 Å². The van der Waals surface area contributed by atoms with Crippen LogP contribution in [0, 0.1) is 21.8 Å². The molecular weight excluding hydrogens is 253 g/mol. The van der Waals surface area contributed by atoms with Gasteiger partial charge in [0.1, 0.15) is 0 Å². The fourth-order valence-electron chi connectivity index (χ4n) is 1.62. The highest BCUT2D eigenvalue weighted by Gasteiger charge is 2.22. The van der Waals surface area contributed by atoms with E-state index >= 15 is 0 Å². The van der Waals surface area contributed by atoms with Crippen LogP contribution < -0.4 is 11.1 Å². The van der Waals surface area contributed by atoms with Gasteiger partial charge in [-0.15, -0.1) is 0 Å². The zero-order valence-electron chi connectivity index (χ0n) is 10.7. The number of amides is 1. The minimum Gasteiger partial charge on any atom is -0.320 e. The molecule has 0 saturated carbocycles. The summed E-state index contributed by atoms with van der Waals surface area (Å²) in [4.78, 5) is 21.8. The smallest absolute Gasteiger partial charge is 0.295 e. The van der Waals surface area contributed by atoms with Crippen LogP contribution in [0.4, 0.5) is 15.8 Å². The molecule has 1 aromatic rings. The molecule has 0 radical (unpaired) electrons. The average molecular weight is 269 g/mol. The molecule has 0 aliphatic heterocycles. The van der Waals surface area contributed by atoms with Crippen molar-refractivity contribution in [2.45, 2.75) is 26.3 Å². The number of nitro benzene ring substituents is 1. The number of hydrogen-bond acceptors (Lipinski definition) is 4. The zero-order valence-corrected chi connectivity index (χ0v) is 10.7. The van der Waals surface area contributed by atoms with Crippen LogP contribution in [0.25, 0.3) is 0 Å². The average Bonchev–Trinajstić information content (AvgIpc) is 2.30. The first kappa shape index (κ1) is 15.0. The van der Waals surface area contributed by atoms with Crippen LogP contribution in [0.5, 0.6) is 0 Å². The molecule has 3 N–H and O–H groups in total. The molecule has 0 fully saturated rings. The lowest BCUT2D eigenvalue weighted by Gasteiger charge is -2.14. The van der Waals surface area contributed by atoms with Gasteiger partial charge in [0.25, 0.3) is 5.69 Å². The summed E-state index contributed by atoms with van der Waals surface area (Å²) in [6, 6.07) is 2.53. The van der Waals surface area contributed by atoms with Gasteiger partial charge in [-0.1, -0.05) is 19.9 Å². The van der Waals surface area contributed by atoms with Crippen LogP contribution in [0.3, 0.4) is 0 Å². The maximum absolute atomic E-state index is 13.5. The van der Waals surface area contributed by atoms with Gasteiger partial charge in [-0.25, -0.2) is 4.39 Å². The topological polar surface area (TPSA) is 98.3 Å². The van der Waals surface area contributed by atoms with E-state index in [1.54, 1.807) is 0 Å². The summed E-state index contributed by atoms with van der Waals surface area (Å²) in [6.45, 7) is 3.78. The molecule has 6 nitrogen and oxygen atoms in total. The highest BCUT2D eigenvalue weighted by molar-refractivity contribution is 5.96. The minimum absolute atomic E-state index is 0.191. The SMILES string of the molecule is CC(C)C[C@H](N)C(=O)Nc1c(F)cccc1[N+](=O)[O-]. The Bertz CT molecular complexity index is 491. The number of halogens is 1. The Morgan fingerprint density at radius 3 is 2.68 bits per heavy atom. The monoisotopic (exact) mass is 269 g/mol. The summed E-state index contributed by atoms with van der Waals surface area (Å²) in [5.41, 5.74) is 4.70. The third-order valence-electron chi connectivity index (χ3n) is 2.50. The molecule has 0 unspecified atom stereocenters. The molecule has 104 valence electrons. The third-order valence-corrected chi connectivity index (χ3v) is 2.50. The second kappa shape index (κ2) is 6.24. The quantitative estimate of drug-likeness (QED) is 0.631. The number of nitrogens with one attached hydrogen (secondary N) is 1. The van der Waals surface area contributed by atoms with Crippen molar-refractivity contribution in [2.24, 2.45) is 11.7 Å². The van der Waals surface area contributed by atoms with Gasteiger partial charge < -0.3 is 11.1 Å². The molecule has 0 aliphatic carbocycles. The van der Waals surface area contributed by atoms with Crippen LogP contribution in [0.1, 0.15) is 20.3 Å². The first-order valence-corrected chi connectivity index (χ1v) is 5.82. The van der Waals surface area contributed by atoms with E-state index in [0.717, 1.165) is 12.1 Å². The van der Waals surface area contributed by atoms with Gasteiger partial charge in [0.15, 0.2) is 11.5 Å². The van der Waals surface area contributed by atoms with Gasteiger partial charge in [-0.2, -0.15) is 0 Å². The number of nitrogens with two attached hydrogens (primary N) is 1. The summed E-state index contributed by atoms with van der Waals surface area (Å²) >= 11 is 0. The minimum atomic E-state index is -0.862. The lowest BCUT2D eigenvalue weighted by atomic mass is 10.0. The maximum Gasteiger partial charge on any atom is 0.295 e. The first-order chi connectivity index (χ1) is 8.82. The number of para-hydroxylation sites is 1. The van der Waals surface area contributed by atoms with Gasteiger partial charge >= 0.3 is 0 Å². The van der Waals surface area contributed by atoms with Crippen LogP contribution in [0.15, 0.2) is 18.2 Å². The van der Waals surface area contributed by atoms with Crippen LogP contribution in [0.2, 0.25) is 0 Å². The maximum atomic E-state index is 13.5. The number of benzene rings is 1. The normalized spacial score (nSPS) is 12.3. The Balaban J connectivity index is 2.93. The summed E-state index contributed by atoms with van der Waals surface area (Å²) in [5.74, 6) is -1.31. The van der Waals surface area contributed by atoms with Gasteiger partial charge in [0.05, 0.1) is 11.0 Å². The molecule has 7 heteroatoms. The predicted molar refractivity (Wildman–Crippen MR) is 69.1 cm³/mol. The Morgan fingerprint density at radius 2 is 2.16 bits per heavy atom. The molecule has 1 amide bonds. The molecule has 0 spiro atoms.